The number of aryl methyl sites for hydroxylation is 1. The second-order valence-corrected chi connectivity index (χ2v) is 9.78. The van der Waals surface area contributed by atoms with Gasteiger partial charge in [-0.05, 0) is 55.7 Å². The molecule has 0 spiro atoms. The molecule has 5 rings (SSSR count). The molecule has 0 bridgehead atoms. The van der Waals surface area contributed by atoms with E-state index in [0.29, 0.717) is 12.2 Å². The van der Waals surface area contributed by atoms with Crippen molar-refractivity contribution in [1.29, 1.82) is 0 Å². The van der Waals surface area contributed by atoms with Gasteiger partial charge in [-0.1, -0.05) is 13.8 Å². The van der Waals surface area contributed by atoms with Gasteiger partial charge in [0.25, 0.3) is 0 Å². The summed E-state index contributed by atoms with van der Waals surface area (Å²) < 4.78 is 2.15. The summed E-state index contributed by atoms with van der Waals surface area (Å²) in [6, 6.07) is 4.33. The summed E-state index contributed by atoms with van der Waals surface area (Å²) in [5.41, 5.74) is 11.8. The summed E-state index contributed by atoms with van der Waals surface area (Å²) >= 11 is 0. The normalized spacial score (nSPS) is 23.1. The molecule has 2 aromatic heterocycles. The highest BCUT2D eigenvalue weighted by molar-refractivity contribution is 6.02. The number of aliphatic hydroxyl groups excluding tert-OH is 1. The van der Waals surface area contributed by atoms with Crippen LogP contribution in [-0.2, 0) is 6.42 Å². The molecular weight excluding hydrogens is 378 g/mol. The number of nitrogens with one attached hydrogen (secondary N) is 2. The largest absolute Gasteiger partial charge is 0.393 e. The fourth-order valence-corrected chi connectivity index (χ4v) is 5.24. The van der Waals surface area contributed by atoms with Crippen LogP contribution < -0.4 is 11.1 Å². The van der Waals surface area contributed by atoms with Gasteiger partial charge in [-0.3, -0.25) is 9.89 Å². The van der Waals surface area contributed by atoms with Gasteiger partial charge in [-0.25, -0.2) is 0 Å². The van der Waals surface area contributed by atoms with Crippen molar-refractivity contribution in [3.8, 4) is 5.69 Å². The van der Waals surface area contributed by atoms with E-state index in [2.05, 4.69) is 46.2 Å². The number of carbonyl (C=O) groups is 1. The zero-order valence-corrected chi connectivity index (χ0v) is 17.7. The van der Waals surface area contributed by atoms with Crippen molar-refractivity contribution in [1.82, 2.24) is 14.8 Å². The molecule has 0 aliphatic heterocycles. The van der Waals surface area contributed by atoms with Crippen molar-refractivity contribution in [2.45, 2.75) is 65.0 Å². The molecule has 7 heteroatoms. The van der Waals surface area contributed by atoms with Crippen LogP contribution in [0.5, 0.6) is 0 Å². The van der Waals surface area contributed by atoms with Gasteiger partial charge in [0.2, 0.25) is 0 Å². The fourth-order valence-electron chi connectivity index (χ4n) is 5.24. The number of anilines is 2. The fraction of sp³-hybridized carbons (Fsp3) is 0.478. The molecule has 2 aliphatic rings. The number of H-pyrrole nitrogens is 1. The number of nitrogen functional groups attached to an aromatic ring is 1. The van der Waals surface area contributed by atoms with Crippen LogP contribution >= 0.6 is 0 Å². The monoisotopic (exact) mass is 407 g/mol. The van der Waals surface area contributed by atoms with Crippen LogP contribution in [0.1, 0.15) is 61.1 Å². The lowest BCUT2D eigenvalue weighted by molar-refractivity contribution is 0.0910. The van der Waals surface area contributed by atoms with Crippen LogP contribution in [0, 0.1) is 12.3 Å². The third-order valence-corrected chi connectivity index (χ3v) is 6.58. The van der Waals surface area contributed by atoms with Gasteiger partial charge in [0.15, 0.2) is 11.6 Å². The molecule has 3 aromatic rings. The molecule has 7 nitrogen and oxygen atoms in total. The van der Waals surface area contributed by atoms with E-state index >= 15 is 0 Å². The summed E-state index contributed by atoms with van der Waals surface area (Å²) in [5.74, 6) is 0.683. The Hall–Kier alpha value is -2.80. The number of Topliss-reactive ketones (excluding diaryl/α,β-unsaturated/α-hetero) is 1. The van der Waals surface area contributed by atoms with E-state index in [1.165, 1.54) is 0 Å². The number of benzene rings is 1. The number of aromatic nitrogens is 3. The number of nitrogens with two attached hydrogens (primary N) is 1. The molecule has 30 heavy (non-hydrogen) atoms. The summed E-state index contributed by atoms with van der Waals surface area (Å²) in [4.78, 5) is 12.8. The van der Waals surface area contributed by atoms with Gasteiger partial charge in [-0.15, -0.1) is 0 Å². The van der Waals surface area contributed by atoms with Gasteiger partial charge in [0.05, 0.1) is 17.0 Å². The van der Waals surface area contributed by atoms with Crippen molar-refractivity contribution < 1.29 is 9.90 Å². The first-order valence-corrected chi connectivity index (χ1v) is 10.7. The molecule has 1 fully saturated rings. The molecule has 2 heterocycles. The number of rotatable bonds is 3. The van der Waals surface area contributed by atoms with E-state index in [1.807, 2.05) is 13.0 Å². The highest BCUT2D eigenvalue weighted by Crippen LogP contribution is 2.39. The zero-order chi connectivity index (χ0) is 21.2. The number of aromatic amines is 1. The van der Waals surface area contributed by atoms with Crippen molar-refractivity contribution in [2.75, 3.05) is 11.1 Å². The second kappa shape index (κ2) is 6.60. The predicted molar refractivity (Wildman–Crippen MR) is 118 cm³/mol. The van der Waals surface area contributed by atoms with E-state index in [-0.39, 0.29) is 23.3 Å². The molecule has 1 aromatic carbocycles. The zero-order valence-electron chi connectivity index (χ0n) is 17.7. The number of nitrogens with zero attached hydrogens (tertiary/aromatic N) is 2. The van der Waals surface area contributed by atoms with Gasteiger partial charge in [0.1, 0.15) is 0 Å². The molecular formula is C23H29N5O2. The SMILES string of the molecule is Cc1cn(-c2cc(NC3CCC(O)C3)c3c(N)n[nH]c3c2)c2c1C(=O)CC(C)(C)C2. The highest BCUT2D eigenvalue weighted by atomic mass is 16.3. The quantitative estimate of drug-likeness (QED) is 0.529. The lowest BCUT2D eigenvalue weighted by atomic mass is 9.75. The first-order valence-electron chi connectivity index (χ1n) is 10.7. The Morgan fingerprint density at radius 3 is 2.83 bits per heavy atom. The maximum atomic E-state index is 12.8. The number of carbonyl (C=O) groups excluding carboxylic acids is 1. The van der Waals surface area contributed by atoms with E-state index in [9.17, 15) is 9.90 Å². The summed E-state index contributed by atoms with van der Waals surface area (Å²) in [6.07, 6.45) is 5.70. The molecule has 1 saturated carbocycles. The smallest absolute Gasteiger partial charge is 0.165 e. The average Bonchev–Trinajstić information content (AvgIpc) is 3.32. The average molecular weight is 408 g/mol. The number of hydrogen-bond donors (Lipinski definition) is 4. The van der Waals surface area contributed by atoms with Gasteiger partial charge in [0, 0.05) is 41.3 Å². The van der Waals surface area contributed by atoms with Crippen molar-refractivity contribution in [3.63, 3.8) is 0 Å². The first-order chi connectivity index (χ1) is 14.2. The van der Waals surface area contributed by atoms with E-state index < -0.39 is 0 Å². The van der Waals surface area contributed by atoms with Crippen LogP contribution in [0.25, 0.3) is 16.6 Å². The number of aliphatic hydroxyl groups is 1. The minimum Gasteiger partial charge on any atom is -0.393 e. The van der Waals surface area contributed by atoms with E-state index in [0.717, 1.165) is 64.8 Å². The number of hydrogen-bond acceptors (Lipinski definition) is 5. The molecule has 2 aliphatic carbocycles. The maximum Gasteiger partial charge on any atom is 0.165 e. The summed E-state index contributed by atoms with van der Waals surface area (Å²) in [6.45, 7) is 6.31. The number of ketones is 1. The Morgan fingerprint density at radius 1 is 1.30 bits per heavy atom. The molecule has 158 valence electrons. The van der Waals surface area contributed by atoms with Crippen LogP contribution in [0.4, 0.5) is 11.5 Å². The van der Waals surface area contributed by atoms with Crippen LogP contribution in [0.15, 0.2) is 18.3 Å². The Morgan fingerprint density at radius 2 is 2.10 bits per heavy atom. The number of fused-ring (bicyclic) bond motifs is 2. The van der Waals surface area contributed by atoms with Gasteiger partial charge in [-0.2, -0.15) is 5.10 Å². The molecule has 0 saturated heterocycles. The standard InChI is InChI=1S/C23H29N5O2/c1-12-11-28(18-9-23(2,3)10-19(30)20(12)18)14-7-16(25-13-4-5-15(29)6-13)21-17(8-14)26-27-22(21)24/h7-8,11,13,15,25,29H,4-6,9-10H2,1-3H3,(H3,24,26,27). The van der Waals surface area contributed by atoms with E-state index in [1.54, 1.807) is 0 Å². The van der Waals surface area contributed by atoms with Crippen LogP contribution in [-0.4, -0.2) is 37.8 Å². The second-order valence-electron chi connectivity index (χ2n) is 9.78. The van der Waals surface area contributed by atoms with Crippen LogP contribution in [0.3, 0.4) is 0 Å². The molecule has 2 unspecified atom stereocenters. The van der Waals surface area contributed by atoms with Gasteiger partial charge >= 0.3 is 0 Å². The minimum atomic E-state index is -0.254. The Balaban J connectivity index is 1.64. The first kappa shape index (κ1) is 19.2. The Bertz CT molecular complexity index is 1160. The minimum absolute atomic E-state index is 0.0593. The highest BCUT2D eigenvalue weighted by Gasteiger charge is 2.35. The summed E-state index contributed by atoms with van der Waals surface area (Å²) in [5, 5.41) is 21.6. The van der Waals surface area contributed by atoms with Gasteiger partial charge < -0.3 is 20.7 Å². The summed E-state index contributed by atoms with van der Waals surface area (Å²) in [7, 11) is 0. The lowest BCUT2D eigenvalue weighted by Crippen LogP contribution is -2.28. The van der Waals surface area contributed by atoms with E-state index in [4.69, 9.17) is 5.73 Å². The predicted octanol–water partition coefficient (Wildman–Crippen LogP) is 3.72. The molecule has 2 atom stereocenters. The molecule has 5 N–H and O–H groups in total. The van der Waals surface area contributed by atoms with Crippen molar-refractivity contribution >= 4 is 28.2 Å². The topological polar surface area (TPSA) is 109 Å². The molecule has 0 amide bonds. The third kappa shape index (κ3) is 3.08. The maximum absolute atomic E-state index is 12.8. The Kier molecular flexibility index (Phi) is 4.22. The third-order valence-electron chi connectivity index (χ3n) is 6.58. The van der Waals surface area contributed by atoms with Crippen LogP contribution in [0.2, 0.25) is 0 Å². The van der Waals surface area contributed by atoms with Crippen molar-refractivity contribution in [3.05, 3.63) is 35.2 Å². The van der Waals surface area contributed by atoms with Crippen molar-refractivity contribution in [2.24, 2.45) is 5.41 Å². The lowest BCUT2D eigenvalue weighted by Gasteiger charge is -2.30. The molecule has 0 radical (unpaired) electrons. The Labute approximate surface area is 175 Å².